The highest BCUT2D eigenvalue weighted by molar-refractivity contribution is 5.81. The molecule has 4 rings (SSSR count). The topological polar surface area (TPSA) is 71.4 Å². The second kappa shape index (κ2) is 7.37. The molecule has 0 unspecified atom stereocenters. The summed E-state index contributed by atoms with van der Waals surface area (Å²) >= 11 is 0. The molecule has 2 aliphatic heterocycles. The molecule has 1 aromatic rings. The van der Waals surface area contributed by atoms with Gasteiger partial charge in [0.2, 0.25) is 11.8 Å². The maximum absolute atomic E-state index is 13.3. The van der Waals surface area contributed by atoms with Crippen molar-refractivity contribution in [3.63, 3.8) is 0 Å². The van der Waals surface area contributed by atoms with E-state index in [2.05, 4.69) is 12.2 Å². The van der Waals surface area contributed by atoms with Crippen molar-refractivity contribution in [2.24, 2.45) is 11.3 Å². The molecule has 1 aliphatic carbocycles. The molecule has 2 bridgehead atoms. The number of pyridine rings is 1. The third-order valence-corrected chi connectivity index (χ3v) is 7.11. The van der Waals surface area contributed by atoms with Gasteiger partial charge in [-0.3, -0.25) is 19.0 Å². The number of hydrogen-bond donors (Lipinski definition) is 1. The minimum absolute atomic E-state index is 0.0191. The summed E-state index contributed by atoms with van der Waals surface area (Å²) in [5.74, 6) is 0.0661. The Balaban J connectivity index is 1.61. The fourth-order valence-electron chi connectivity index (χ4n) is 5.51. The molecule has 6 heteroatoms. The maximum atomic E-state index is 13.3. The van der Waals surface area contributed by atoms with Gasteiger partial charge in [0.25, 0.3) is 5.56 Å². The lowest BCUT2D eigenvalue weighted by atomic mass is 9.75. The third-order valence-electron chi connectivity index (χ3n) is 7.11. The van der Waals surface area contributed by atoms with Gasteiger partial charge in [0.15, 0.2) is 0 Å². The standard InChI is InChI=1S/C22H31N3O3/c1-15(26)24-12-16-11-17(13-24)20(25-18(16)7-6-8-19(25)27)21(28)23-14-22(2)9-4-3-5-10-22/h6-8,16-17,20H,3-5,9-14H2,1-2H3,(H,23,28)/t16-,17+,20-/m1/s1. The molecular weight excluding hydrogens is 354 g/mol. The summed E-state index contributed by atoms with van der Waals surface area (Å²) in [4.78, 5) is 39.8. The number of likely N-dealkylation sites (tertiary alicyclic amines) is 1. The first-order valence-corrected chi connectivity index (χ1v) is 10.6. The summed E-state index contributed by atoms with van der Waals surface area (Å²) in [6.45, 7) is 5.66. The van der Waals surface area contributed by atoms with Crippen LogP contribution in [0.3, 0.4) is 0 Å². The van der Waals surface area contributed by atoms with Gasteiger partial charge in [-0.1, -0.05) is 32.3 Å². The number of carbonyl (C=O) groups excluding carboxylic acids is 2. The first-order valence-electron chi connectivity index (χ1n) is 10.6. The lowest BCUT2D eigenvalue weighted by molar-refractivity contribution is -0.135. The van der Waals surface area contributed by atoms with Crippen LogP contribution >= 0.6 is 0 Å². The van der Waals surface area contributed by atoms with Crippen LogP contribution in [0.25, 0.3) is 0 Å². The summed E-state index contributed by atoms with van der Waals surface area (Å²) in [5, 5.41) is 3.18. The van der Waals surface area contributed by atoms with Gasteiger partial charge >= 0.3 is 0 Å². The Bertz CT molecular complexity index is 825. The second-order valence-electron chi connectivity index (χ2n) is 9.31. The quantitative estimate of drug-likeness (QED) is 0.869. The Hall–Kier alpha value is -2.11. The van der Waals surface area contributed by atoms with Crippen molar-refractivity contribution >= 4 is 11.8 Å². The monoisotopic (exact) mass is 385 g/mol. The summed E-state index contributed by atoms with van der Waals surface area (Å²) in [7, 11) is 0. The zero-order valence-electron chi connectivity index (χ0n) is 16.9. The number of fused-ring (bicyclic) bond motifs is 4. The number of hydrogen-bond acceptors (Lipinski definition) is 3. The highest BCUT2D eigenvalue weighted by Gasteiger charge is 2.44. The number of rotatable bonds is 3. The van der Waals surface area contributed by atoms with Crippen LogP contribution in [0.4, 0.5) is 0 Å². The van der Waals surface area contributed by atoms with Crippen molar-refractivity contribution in [3.05, 3.63) is 34.2 Å². The zero-order valence-corrected chi connectivity index (χ0v) is 16.9. The lowest BCUT2D eigenvalue weighted by Gasteiger charge is -2.46. The number of piperidine rings is 1. The van der Waals surface area contributed by atoms with E-state index in [0.29, 0.717) is 19.6 Å². The van der Waals surface area contributed by atoms with Crippen molar-refractivity contribution < 1.29 is 9.59 Å². The van der Waals surface area contributed by atoms with Crippen LogP contribution in [-0.2, 0) is 9.59 Å². The molecule has 2 fully saturated rings. The van der Waals surface area contributed by atoms with Gasteiger partial charge in [-0.2, -0.15) is 0 Å². The van der Waals surface area contributed by atoms with Crippen LogP contribution in [0.2, 0.25) is 0 Å². The van der Waals surface area contributed by atoms with Crippen molar-refractivity contribution in [1.29, 1.82) is 0 Å². The molecule has 0 radical (unpaired) electrons. The molecule has 3 atom stereocenters. The SMILES string of the molecule is CC(=O)N1C[C@H]2C[C@@H](C1)[C@H](C(=O)NCC1(C)CCCCC1)n1c2cccc1=O. The second-order valence-corrected chi connectivity index (χ2v) is 9.31. The van der Waals surface area contributed by atoms with Gasteiger partial charge in [-0.15, -0.1) is 0 Å². The Morgan fingerprint density at radius 2 is 1.93 bits per heavy atom. The summed E-state index contributed by atoms with van der Waals surface area (Å²) in [6, 6.07) is 4.71. The van der Waals surface area contributed by atoms with Gasteiger partial charge in [0.05, 0.1) is 0 Å². The van der Waals surface area contributed by atoms with E-state index in [0.717, 1.165) is 25.0 Å². The molecule has 3 heterocycles. The average Bonchev–Trinajstić information content (AvgIpc) is 2.67. The number of nitrogens with zero attached hydrogens (tertiary/aromatic N) is 2. The predicted octanol–water partition coefficient (Wildman–Crippen LogP) is 2.44. The van der Waals surface area contributed by atoms with E-state index in [1.165, 1.54) is 25.3 Å². The molecule has 1 saturated carbocycles. The molecule has 1 saturated heterocycles. The number of aromatic nitrogens is 1. The molecule has 2 amide bonds. The zero-order chi connectivity index (χ0) is 19.9. The first-order chi connectivity index (χ1) is 13.4. The van der Waals surface area contributed by atoms with Crippen molar-refractivity contribution in [1.82, 2.24) is 14.8 Å². The van der Waals surface area contributed by atoms with E-state index in [1.54, 1.807) is 17.6 Å². The minimum Gasteiger partial charge on any atom is -0.354 e. The van der Waals surface area contributed by atoms with Gasteiger partial charge in [0, 0.05) is 50.2 Å². The number of nitrogens with one attached hydrogen (secondary N) is 1. The largest absolute Gasteiger partial charge is 0.354 e. The predicted molar refractivity (Wildman–Crippen MR) is 107 cm³/mol. The van der Waals surface area contributed by atoms with Gasteiger partial charge in [0.1, 0.15) is 6.04 Å². The molecule has 1 N–H and O–H groups in total. The summed E-state index contributed by atoms with van der Waals surface area (Å²) < 4.78 is 1.70. The Labute approximate surface area is 166 Å². The lowest BCUT2D eigenvalue weighted by Crippen LogP contribution is -2.54. The molecule has 0 aromatic carbocycles. The molecule has 152 valence electrons. The Morgan fingerprint density at radius 1 is 1.18 bits per heavy atom. The normalized spacial score (nSPS) is 28.4. The fourth-order valence-corrected chi connectivity index (χ4v) is 5.51. The Morgan fingerprint density at radius 3 is 2.64 bits per heavy atom. The van der Waals surface area contributed by atoms with Crippen LogP contribution in [0.5, 0.6) is 0 Å². The maximum Gasteiger partial charge on any atom is 0.251 e. The van der Waals surface area contributed by atoms with E-state index in [-0.39, 0.29) is 34.6 Å². The molecule has 1 aromatic heterocycles. The van der Waals surface area contributed by atoms with Gasteiger partial charge in [-0.25, -0.2) is 0 Å². The van der Waals surface area contributed by atoms with Crippen molar-refractivity contribution in [2.45, 2.75) is 64.3 Å². The molecular formula is C22H31N3O3. The molecule has 6 nitrogen and oxygen atoms in total. The fraction of sp³-hybridized carbons (Fsp3) is 0.682. The summed E-state index contributed by atoms with van der Waals surface area (Å²) in [6.07, 6.45) is 6.84. The number of amides is 2. The van der Waals surface area contributed by atoms with Crippen LogP contribution in [0.1, 0.15) is 70.0 Å². The van der Waals surface area contributed by atoms with E-state index in [4.69, 9.17) is 0 Å². The molecule has 0 spiro atoms. The van der Waals surface area contributed by atoms with Crippen molar-refractivity contribution in [2.75, 3.05) is 19.6 Å². The first kappa shape index (κ1) is 19.2. The average molecular weight is 386 g/mol. The van der Waals surface area contributed by atoms with E-state index < -0.39 is 6.04 Å². The minimum atomic E-state index is -0.533. The number of carbonyl (C=O) groups is 2. The van der Waals surface area contributed by atoms with Crippen LogP contribution in [-0.4, -0.2) is 40.9 Å². The highest BCUT2D eigenvalue weighted by atomic mass is 16.2. The van der Waals surface area contributed by atoms with Crippen LogP contribution < -0.4 is 10.9 Å². The Kier molecular flexibility index (Phi) is 5.06. The van der Waals surface area contributed by atoms with Gasteiger partial charge < -0.3 is 10.2 Å². The highest BCUT2D eigenvalue weighted by Crippen LogP contribution is 2.41. The molecule has 3 aliphatic rings. The smallest absolute Gasteiger partial charge is 0.251 e. The van der Waals surface area contributed by atoms with E-state index >= 15 is 0 Å². The van der Waals surface area contributed by atoms with Crippen LogP contribution in [0.15, 0.2) is 23.0 Å². The van der Waals surface area contributed by atoms with Crippen LogP contribution in [0, 0.1) is 11.3 Å². The molecule has 28 heavy (non-hydrogen) atoms. The van der Waals surface area contributed by atoms with Crippen molar-refractivity contribution in [3.8, 4) is 0 Å². The van der Waals surface area contributed by atoms with E-state index in [9.17, 15) is 14.4 Å². The summed E-state index contributed by atoms with van der Waals surface area (Å²) in [5.41, 5.74) is 0.916. The van der Waals surface area contributed by atoms with E-state index in [1.807, 2.05) is 11.0 Å². The third kappa shape index (κ3) is 3.49. The van der Waals surface area contributed by atoms with Gasteiger partial charge in [-0.05, 0) is 30.7 Å².